The van der Waals surface area contributed by atoms with Crippen molar-refractivity contribution >= 4 is 22.7 Å². The Labute approximate surface area is 120 Å². The minimum absolute atomic E-state index is 0.548. The molecular weight excluding hydrogens is 250 g/mol. The monoisotopic (exact) mass is 275 g/mol. The lowest BCUT2D eigenvalue weighted by atomic mass is 10.2. The molecule has 110 valence electrons. The van der Waals surface area contributed by atoms with Crippen molar-refractivity contribution in [2.45, 2.75) is 39.8 Å². The van der Waals surface area contributed by atoms with Gasteiger partial charge >= 0.3 is 0 Å². The van der Waals surface area contributed by atoms with E-state index in [1.807, 2.05) is 18.2 Å². The second kappa shape index (κ2) is 6.13. The molecule has 2 rings (SSSR count). The first kappa shape index (κ1) is 14.7. The zero-order valence-electron chi connectivity index (χ0n) is 12.8. The van der Waals surface area contributed by atoms with Crippen molar-refractivity contribution in [3.05, 3.63) is 18.2 Å². The molecule has 2 aromatic rings. The predicted molar refractivity (Wildman–Crippen MR) is 86.0 cm³/mol. The van der Waals surface area contributed by atoms with Gasteiger partial charge in [-0.2, -0.15) is 0 Å². The zero-order chi connectivity index (χ0) is 14.7. The fraction of sp³-hybridized carbons (Fsp3) is 0.533. The van der Waals surface area contributed by atoms with Crippen molar-refractivity contribution in [2.75, 3.05) is 24.1 Å². The number of nitrogens with two attached hydrogens (primary N) is 1. The van der Waals surface area contributed by atoms with Gasteiger partial charge in [-0.1, -0.05) is 0 Å². The van der Waals surface area contributed by atoms with E-state index >= 15 is 0 Å². The number of hydrogen-bond acceptors (Lipinski definition) is 4. The van der Waals surface area contributed by atoms with Crippen LogP contribution in [0.4, 0.5) is 11.6 Å². The quantitative estimate of drug-likeness (QED) is 0.709. The number of nitrogens with one attached hydrogen (secondary N) is 2. The van der Waals surface area contributed by atoms with Gasteiger partial charge in [-0.25, -0.2) is 4.98 Å². The molecule has 20 heavy (non-hydrogen) atoms. The van der Waals surface area contributed by atoms with Gasteiger partial charge in [-0.05, 0) is 45.9 Å². The van der Waals surface area contributed by atoms with Gasteiger partial charge in [0.2, 0.25) is 5.95 Å². The number of fused-ring (bicyclic) bond motifs is 1. The second-order valence-corrected chi connectivity index (χ2v) is 5.71. The molecule has 0 aliphatic rings. The Kier molecular flexibility index (Phi) is 4.49. The number of H-pyrrole nitrogens is 1. The highest BCUT2D eigenvalue weighted by molar-refractivity contribution is 5.80. The SMILES string of the molecule is CC(C)N(CCNc1nc2ccc(N)cc2[nH]1)C(C)C. The van der Waals surface area contributed by atoms with E-state index in [9.17, 15) is 0 Å². The zero-order valence-corrected chi connectivity index (χ0v) is 12.8. The lowest BCUT2D eigenvalue weighted by Crippen LogP contribution is -2.40. The van der Waals surface area contributed by atoms with Crippen LogP contribution in [0.2, 0.25) is 0 Å². The highest BCUT2D eigenvalue weighted by Crippen LogP contribution is 2.17. The predicted octanol–water partition coefficient (Wildman–Crippen LogP) is 2.68. The van der Waals surface area contributed by atoms with Gasteiger partial charge in [0, 0.05) is 30.9 Å². The number of anilines is 2. The summed E-state index contributed by atoms with van der Waals surface area (Å²) in [5.74, 6) is 0.804. The Bertz CT molecular complexity index is 550. The minimum Gasteiger partial charge on any atom is -0.399 e. The number of nitrogen functional groups attached to an aromatic ring is 1. The first-order valence-corrected chi connectivity index (χ1v) is 7.22. The van der Waals surface area contributed by atoms with Crippen molar-refractivity contribution in [2.24, 2.45) is 0 Å². The van der Waals surface area contributed by atoms with Crippen LogP contribution in [0.1, 0.15) is 27.7 Å². The molecule has 0 aliphatic carbocycles. The molecule has 5 heteroatoms. The largest absolute Gasteiger partial charge is 0.399 e. The number of aromatic amines is 1. The molecule has 1 aromatic carbocycles. The molecule has 0 atom stereocenters. The number of imidazole rings is 1. The van der Waals surface area contributed by atoms with E-state index in [1.165, 1.54) is 0 Å². The van der Waals surface area contributed by atoms with E-state index in [0.29, 0.717) is 12.1 Å². The standard InChI is InChI=1S/C15H25N5/c1-10(2)20(11(3)4)8-7-17-15-18-13-6-5-12(16)9-14(13)19-15/h5-6,9-11H,7-8,16H2,1-4H3,(H2,17,18,19). The number of aromatic nitrogens is 2. The molecular formula is C15H25N5. The fourth-order valence-electron chi connectivity index (χ4n) is 2.53. The van der Waals surface area contributed by atoms with Crippen LogP contribution in [0.15, 0.2) is 18.2 Å². The highest BCUT2D eigenvalue weighted by atomic mass is 15.2. The van der Waals surface area contributed by atoms with Crippen LogP contribution in [0.3, 0.4) is 0 Å². The number of benzene rings is 1. The molecule has 0 saturated carbocycles. The lowest BCUT2D eigenvalue weighted by Gasteiger charge is -2.30. The first-order chi connectivity index (χ1) is 9.47. The molecule has 0 fully saturated rings. The highest BCUT2D eigenvalue weighted by Gasteiger charge is 2.12. The molecule has 1 heterocycles. The van der Waals surface area contributed by atoms with E-state index in [-0.39, 0.29) is 0 Å². The fourth-order valence-corrected chi connectivity index (χ4v) is 2.53. The third-order valence-electron chi connectivity index (χ3n) is 3.49. The normalized spacial score (nSPS) is 11.9. The Morgan fingerprint density at radius 2 is 1.95 bits per heavy atom. The average Bonchev–Trinajstić information content (AvgIpc) is 2.75. The van der Waals surface area contributed by atoms with Gasteiger partial charge in [0.15, 0.2) is 0 Å². The van der Waals surface area contributed by atoms with E-state index in [2.05, 4.69) is 47.9 Å². The first-order valence-electron chi connectivity index (χ1n) is 7.22. The molecule has 5 nitrogen and oxygen atoms in total. The van der Waals surface area contributed by atoms with E-state index in [1.54, 1.807) is 0 Å². The Balaban J connectivity index is 1.95. The summed E-state index contributed by atoms with van der Waals surface area (Å²) in [4.78, 5) is 10.2. The van der Waals surface area contributed by atoms with Gasteiger partial charge in [-0.15, -0.1) is 0 Å². The van der Waals surface area contributed by atoms with Gasteiger partial charge in [-0.3, -0.25) is 4.90 Å². The van der Waals surface area contributed by atoms with E-state index in [4.69, 9.17) is 5.73 Å². The molecule has 0 amide bonds. The van der Waals surface area contributed by atoms with Crippen molar-refractivity contribution in [3.63, 3.8) is 0 Å². The van der Waals surface area contributed by atoms with Crippen LogP contribution in [-0.4, -0.2) is 40.0 Å². The summed E-state index contributed by atoms with van der Waals surface area (Å²) in [6.45, 7) is 10.8. The summed E-state index contributed by atoms with van der Waals surface area (Å²) < 4.78 is 0. The molecule has 0 radical (unpaired) electrons. The lowest BCUT2D eigenvalue weighted by molar-refractivity contribution is 0.182. The van der Waals surface area contributed by atoms with Crippen LogP contribution in [-0.2, 0) is 0 Å². The molecule has 4 N–H and O–H groups in total. The van der Waals surface area contributed by atoms with Crippen molar-refractivity contribution in [1.82, 2.24) is 14.9 Å². The Hall–Kier alpha value is -1.75. The summed E-state index contributed by atoms with van der Waals surface area (Å²) in [7, 11) is 0. The molecule has 0 bridgehead atoms. The van der Waals surface area contributed by atoms with E-state index in [0.717, 1.165) is 35.8 Å². The maximum atomic E-state index is 5.76. The van der Waals surface area contributed by atoms with Crippen molar-refractivity contribution in [3.8, 4) is 0 Å². The van der Waals surface area contributed by atoms with Crippen molar-refractivity contribution < 1.29 is 0 Å². The smallest absolute Gasteiger partial charge is 0.201 e. The maximum absolute atomic E-state index is 5.76. The number of hydrogen-bond donors (Lipinski definition) is 3. The maximum Gasteiger partial charge on any atom is 0.201 e. The topological polar surface area (TPSA) is 70.0 Å². The minimum atomic E-state index is 0.548. The van der Waals surface area contributed by atoms with Gasteiger partial charge in [0.05, 0.1) is 11.0 Å². The average molecular weight is 275 g/mol. The number of nitrogens with zero attached hydrogens (tertiary/aromatic N) is 2. The third kappa shape index (κ3) is 3.42. The third-order valence-corrected chi connectivity index (χ3v) is 3.49. The summed E-state index contributed by atoms with van der Waals surface area (Å²) in [5.41, 5.74) is 8.42. The summed E-state index contributed by atoms with van der Waals surface area (Å²) in [5, 5.41) is 3.34. The molecule has 1 aromatic heterocycles. The Morgan fingerprint density at radius 1 is 1.25 bits per heavy atom. The Morgan fingerprint density at radius 3 is 2.60 bits per heavy atom. The second-order valence-electron chi connectivity index (χ2n) is 5.71. The molecule has 0 aliphatic heterocycles. The van der Waals surface area contributed by atoms with Gasteiger partial charge < -0.3 is 16.0 Å². The van der Waals surface area contributed by atoms with Crippen LogP contribution in [0.25, 0.3) is 11.0 Å². The molecule has 0 unspecified atom stereocenters. The summed E-state index contributed by atoms with van der Waals surface area (Å²) >= 11 is 0. The van der Waals surface area contributed by atoms with Crippen LogP contribution in [0.5, 0.6) is 0 Å². The van der Waals surface area contributed by atoms with Crippen molar-refractivity contribution in [1.29, 1.82) is 0 Å². The van der Waals surface area contributed by atoms with Crippen LogP contribution >= 0.6 is 0 Å². The number of rotatable bonds is 6. The van der Waals surface area contributed by atoms with E-state index < -0.39 is 0 Å². The summed E-state index contributed by atoms with van der Waals surface area (Å²) in [6.07, 6.45) is 0. The molecule has 0 saturated heterocycles. The summed E-state index contributed by atoms with van der Waals surface area (Å²) in [6, 6.07) is 6.80. The van der Waals surface area contributed by atoms with Crippen LogP contribution < -0.4 is 11.1 Å². The van der Waals surface area contributed by atoms with Gasteiger partial charge in [0.1, 0.15) is 0 Å². The molecule has 0 spiro atoms. The van der Waals surface area contributed by atoms with Crippen LogP contribution in [0, 0.1) is 0 Å². The van der Waals surface area contributed by atoms with Gasteiger partial charge in [0.25, 0.3) is 0 Å².